The molecule has 1 N–H and O–H groups in total. The summed E-state index contributed by atoms with van der Waals surface area (Å²) in [5.74, 6) is -0.424. The lowest BCUT2D eigenvalue weighted by Gasteiger charge is -1.99. The minimum absolute atomic E-state index is 0.391. The Kier molecular flexibility index (Phi) is 3.74. The zero-order valence-corrected chi connectivity index (χ0v) is 10.2. The van der Waals surface area contributed by atoms with Crippen LogP contribution in [-0.2, 0) is 6.54 Å². The van der Waals surface area contributed by atoms with Gasteiger partial charge in [0, 0.05) is 18.7 Å². The fourth-order valence-electron chi connectivity index (χ4n) is 1.59. The number of aromatic nitrogens is 2. The van der Waals surface area contributed by atoms with Crippen LogP contribution < -0.4 is 15.1 Å². The van der Waals surface area contributed by atoms with Crippen molar-refractivity contribution < 1.29 is 14.3 Å². The van der Waals surface area contributed by atoms with E-state index in [9.17, 15) is 5.11 Å². The highest BCUT2D eigenvalue weighted by atomic mass is 16.6. The zero-order valence-electron chi connectivity index (χ0n) is 10.2. The van der Waals surface area contributed by atoms with Crippen LogP contribution in [0.4, 0.5) is 0 Å². The number of benzene rings is 1. The van der Waals surface area contributed by atoms with Gasteiger partial charge < -0.3 is 14.9 Å². The van der Waals surface area contributed by atoms with Crippen LogP contribution in [0.3, 0.4) is 0 Å². The van der Waals surface area contributed by atoms with E-state index in [2.05, 4.69) is 17.2 Å². The smallest absolute Gasteiger partial charge is 0.253 e. The summed E-state index contributed by atoms with van der Waals surface area (Å²) in [5, 5.41) is 18.4. The van der Waals surface area contributed by atoms with Crippen molar-refractivity contribution in [3.8, 4) is 11.6 Å². The molecule has 0 unspecified atom stereocenters. The standard InChI is InChI=1S/C13H15N3O2/c1-3-8-14-9-12-13(17)18-15-16(12)11-6-4-10(2)5-7-11/h3-7,14H,1,8-9H2,2H3. The Morgan fingerprint density at radius 2 is 2.17 bits per heavy atom. The highest BCUT2D eigenvalue weighted by molar-refractivity contribution is 5.27. The van der Waals surface area contributed by atoms with Crippen LogP contribution in [0.2, 0.25) is 0 Å². The van der Waals surface area contributed by atoms with Crippen LogP contribution in [-0.4, -0.2) is 11.8 Å². The second kappa shape index (κ2) is 5.46. The molecule has 2 rings (SSSR count). The van der Waals surface area contributed by atoms with Crippen LogP contribution in [0.1, 0.15) is 11.3 Å². The Bertz CT molecular complexity index is 532. The molecule has 0 saturated heterocycles. The number of hydrogen-bond acceptors (Lipinski definition) is 4. The predicted octanol–water partition coefficient (Wildman–Crippen LogP) is 0.609. The van der Waals surface area contributed by atoms with Crippen LogP contribution >= 0.6 is 0 Å². The van der Waals surface area contributed by atoms with Crippen LogP contribution in [0.25, 0.3) is 5.69 Å². The Morgan fingerprint density at radius 3 is 2.83 bits per heavy atom. The van der Waals surface area contributed by atoms with Gasteiger partial charge in [0.15, 0.2) is 5.95 Å². The van der Waals surface area contributed by atoms with E-state index in [4.69, 9.17) is 4.52 Å². The molecule has 5 heteroatoms. The van der Waals surface area contributed by atoms with Gasteiger partial charge in [0.1, 0.15) is 0 Å². The van der Waals surface area contributed by atoms with Crippen molar-refractivity contribution in [2.24, 2.45) is 0 Å². The molecule has 0 aliphatic carbocycles. The minimum atomic E-state index is -0.424. The number of aryl methyl sites for hydroxylation is 1. The van der Waals surface area contributed by atoms with Gasteiger partial charge in [-0.15, -0.1) is 6.58 Å². The third kappa shape index (κ3) is 2.57. The Morgan fingerprint density at radius 1 is 1.44 bits per heavy atom. The molecular weight excluding hydrogens is 230 g/mol. The maximum absolute atomic E-state index is 11.6. The summed E-state index contributed by atoms with van der Waals surface area (Å²) in [5.41, 5.74) is 2.43. The van der Waals surface area contributed by atoms with Crippen LogP contribution in [0.5, 0.6) is 5.95 Å². The first-order valence-electron chi connectivity index (χ1n) is 5.69. The average Bonchev–Trinajstić information content (AvgIpc) is 2.73. The lowest BCUT2D eigenvalue weighted by molar-refractivity contribution is -0.677. The normalized spacial score (nSPS) is 10.5. The van der Waals surface area contributed by atoms with E-state index in [-0.39, 0.29) is 0 Å². The molecule has 0 atom stereocenters. The molecule has 1 aromatic heterocycles. The highest BCUT2D eigenvalue weighted by Crippen LogP contribution is 2.10. The van der Waals surface area contributed by atoms with Crippen LogP contribution in [0, 0.1) is 6.92 Å². The molecule has 0 amide bonds. The number of rotatable bonds is 5. The van der Waals surface area contributed by atoms with E-state index in [1.807, 2.05) is 31.2 Å². The molecule has 1 heterocycles. The highest BCUT2D eigenvalue weighted by Gasteiger charge is 2.19. The van der Waals surface area contributed by atoms with E-state index in [1.54, 1.807) is 6.08 Å². The van der Waals surface area contributed by atoms with Crippen molar-refractivity contribution in [2.45, 2.75) is 13.5 Å². The van der Waals surface area contributed by atoms with Crippen molar-refractivity contribution in [1.29, 1.82) is 0 Å². The molecule has 0 saturated carbocycles. The van der Waals surface area contributed by atoms with Gasteiger partial charge in [-0.2, -0.15) is 0 Å². The number of nitrogens with zero attached hydrogens (tertiary/aromatic N) is 2. The van der Waals surface area contributed by atoms with Gasteiger partial charge in [0.25, 0.3) is 5.69 Å². The molecule has 0 bridgehead atoms. The predicted molar refractivity (Wildman–Crippen MR) is 64.1 cm³/mol. The molecule has 94 valence electrons. The Labute approximate surface area is 105 Å². The Balaban J connectivity index is 2.27. The summed E-state index contributed by atoms with van der Waals surface area (Å²) in [6.07, 6.45) is 1.73. The number of hydrogen-bond donors (Lipinski definition) is 1. The largest absolute Gasteiger partial charge is 0.539 e. The second-order valence-electron chi connectivity index (χ2n) is 3.97. The third-order valence-corrected chi connectivity index (χ3v) is 2.56. The summed E-state index contributed by atoms with van der Waals surface area (Å²) < 4.78 is 6.21. The topological polar surface area (TPSA) is 65.0 Å². The zero-order chi connectivity index (χ0) is 13.0. The monoisotopic (exact) mass is 245 g/mol. The van der Waals surface area contributed by atoms with E-state index in [0.29, 0.717) is 18.8 Å². The van der Waals surface area contributed by atoms with Crippen molar-refractivity contribution in [2.75, 3.05) is 6.54 Å². The second-order valence-corrected chi connectivity index (χ2v) is 3.97. The number of nitrogens with one attached hydrogen (secondary N) is 1. The van der Waals surface area contributed by atoms with Crippen molar-refractivity contribution in [1.82, 2.24) is 10.6 Å². The maximum Gasteiger partial charge on any atom is 0.253 e. The lowest BCUT2D eigenvalue weighted by Crippen LogP contribution is -2.38. The van der Waals surface area contributed by atoms with Crippen molar-refractivity contribution >= 4 is 0 Å². The van der Waals surface area contributed by atoms with Gasteiger partial charge in [-0.25, -0.2) is 0 Å². The summed E-state index contributed by atoms with van der Waals surface area (Å²) in [7, 11) is 0. The molecular formula is C13H15N3O2. The Hall–Kier alpha value is -2.14. The van der Waals surface area contributed by atoms with E-state index < -0.39 is 5.95 Å². The van der Waals surface area contributed by atoms with Gasteiger partial charge in [-0.05, 0) is 11.6 Å². The first kappa shape index (κ1) is 12.3. The van der Waals surface area contributed by atoms with Gasteiger partial charge in [-0.1, -0.05) is 23.8 Å². The summed E-state index contributed by atoms with van der Waals surface area (Å²) in [6.45, 7) is 6.62. The SMILES string of the molecule is C=CCNCc1c([O-])on[n+]1-c1ccc(C)cc1. The summed E-state index contributed by atoms with van der Waals surface area (Å²) in [6, 6.07) is 7.72. The average molecular weight is 245 g/mol. The van der Waals surface area contributed by atoms with Gasteiger partial charge >= 0.3 is 0 Å². The summed E-state index contributed by atoms with van der Waals surface area (Å²) in [4.78, 5) is 0. The molecule has 0 aliphatic heterocycles. The minimum Gasteiger partial charge on any atom is -0.539 e. The van der Waals surface area contributed by atoms with Crippen molar-refractivity contribution in [3.05, 3.63) is 48.2 Å². The molecule has 18 heavy (non-hydrogen) atoms. The summed E-state index contributed by atoms with van der Waals surface area (Å²) >= 11 is 0. The van der Waals surface area contributed by atoms with Gasteiger partial charge in [-0.3, -0.25) is 0 Å². The maximum atomic E-state index is 11.6. The fourth-order valence-corrected chi connectivity index (χ4v) is 1.59. The van der Waals surface area contributed by atoms with E-state index in [1.165, 1.54) is 4.68 Å². The molecule has 5 nitrogen and oxygen atoms in total. The van der Waals surface area contributed by atoms with Crippen LogP contribution in [0.15, 0.2) is 41.4 Å². The quantitative estimate of drug-likeness (QED) is 0.476. The lowest BCUT2D eigenvalue weighted by atomic mass is 10.2. The fraction of sp³-hybridized carbons (Fsp3) is 0.231. The molecule has 0 fully saturated rings. The van der Waals surface area contributed by atoms with Crippen molar-refractivity contribution in [3.63, 3.8) is 0 Å². The molecule has 2 aromatic rings. The third-order valence-electron chi connectivity index (χ3n) is 2.56. The first-order valence-corrected chi connectivity index (χ1v) is 5.69. The van der Waals surface area contributed by atoms with Gasteiger partial charge in [0.2, 0.25) is 5.69 Å². The van der Waals surface area contributed by atoms with E-state index >= 15 is 0 Å². The molecule has 0 spiro atoms. The van der Waals surface area contributed by atoms with Gasteiger partial charge in [0.05, 0.1) is 11.8 Å². The van der Waals surface area contributed by atoms with E-state index in [0.717, 1.165) is 11.3 Å². The molecule has 0 aliphatic rings. The molecule has 1 aromatic carbocycles. The molecule has 0 radical (unpaired) electrons. The first-order chi connectivity index (χ1) is 8.72.